The van der Waals surface area contributed by atoms with Crippen LogP contribution in [-0.4, -0.2) is 18.7 Å². The van der Waals surface area contributed by atoms with Gasteiger partial charge in [0.15, 0.2) is 0 Å². The number of nitrogens with zero attached hydrogens (tertiary/aromatic N) is 1. The molecule has 0 saturated carbocycles. The van der Waals surface area contributed by atoms with E-state index in [0.717, 1.165) is 10.2 Å². The lowest BCUT2D eigenvalue weighted by Gasteiger charge is -2.16. The van der Waals surface area contributed by atoms with Crippen molar-refractivity contribution in [3.63, 3.8) is 0 Å². The van der Waals surface area contributed by atoms with Crippen LogP contribution in [0.1, 0.15) is 6.42 Å². The van der Waals surface area contributed by atoms with Gasteiger partial charge in [-0.05, 0) is 24.0 Å². The van der Waals surface area contributed by atoms with Crippen LogP contribution in [-0.2, 0) is 4.79 Å². The summed E-state index contributed by atoms with van der Waals surface area (Å²) in [5, 5.41) is 0. The van der Waals surface area contributed by atoms with Crippen molar-refractivity contribution in [2.45, 2.75) is 6.42 Å². The minimum absolute atomic E-state index is 0.0816. The van der Waals surface area contributed by atoms with Crippen LogP contribution < -0.4 is 4.90 Å². The second-order valence-corrected chi connectivity index (χ2v) is 4.27. The molecule has 1 amide bonds. The summed E-state index contributed by atoms with van der Waals surface area (Å²) in [5.74, 6) is 0.662. The van der Waals surface area contributed by atoms with Crippen molar-refractivity contribution in [1.82, 2.24) is 0 Å². The van der Waals surface area contributed by atoms with Crippen LogP contribution in [0.4, 0.5) is 5.69 Å². The molecule has 4 heteroatoms. The standard InChI is InChI=1S/C10H12BrNOS/c1-12(10(13)5-6-14)9-4-2-3-8(11)7-9/h2-4,7,14H,5-6H2,1H3. The molecular weight excluding hydrogens is 262 g/mol. The van der Waals surface area contributed by atoms with Gasteiger partial charge in [0, 0.05) is 23.6 Å². The smallest absolute Gasteiger partial charge is 0.227 e. The van der Waals surface area contributed by atoms with Crippen LogP contribution in [0.2, 0.25) is 0 Å². The van der Waals surface area contributed by atoms with E-state index in [1.807, 2.05) is 24.3 Å². The highest BCUT2D eigenvalue weighted by atomic mass is 79.9. The van der Waals surface area contributed by atoms with Crippen LogP contribution >= 0.6 is 28.6 Å². The van der Waals surface area contributed by atoms with E-state index in [1.54, 1.807) is 11.9 Å². The van der Waals surface area contributed by atoms with Crippen molar-refractivity contribution < 1.29 is 4.79 Å². The van der Waals surface area contributed by atoms with E-state index in [1.165, 1.54) is 0 Å². The highest BCUT2D eigenvalue weighted by Gasteiger charge is 2.09. The largest absolute Gasteiger partial charge is 0.315 e. The van der Waals surface area contributed by atoms with Gasteiger partial charge in [-0.25, -0.2) is 0 Å². The van der Waals surface area contributed by atoms with Gasteiger partial charge >= 0.3 is 0 Å². The first-order valence-electron chi connectivity index (χ1n) is 4.28. The Hall–Kier alpha value is -0.480. The number of carbonyl (C=O) groups excluding carboxylic acids is 1. The van der Waals surface area contributed by atoms with E-state index >= 15 is 0 Å². The summed E-state index contributed by atoms with van der Waals surface area (Å²) in [5.41, 5.74) is 0.895. The summed E-state index contributed by atoms with van der Waals surface area (Å²) < 4.78 is 0.973. The van der Waals surface area contributed by atoms with Crippen molar-refractivity contribution in [2.24, 2.45) is 0 Å². The van der Waals surface area contributed by atoms with Gasteiger partial charge in [-0.1, -0.05) is 22.0 Å². The van der Waals surface area contributed by atoms with Crippen molar-refractivity contribution in [3.8, 4) is 0 Å². The average Bonchev–Trinajstić information content (AvgIpc) is 2.17. The number of halogens is 1. The molecule has 0 aliphatic rings. The number of amides is 1. The van der Waals surface area contributed by atoms with Gasteiger partial charge in [0.25, 0.3) is 0 Å². The van der Waals surface area contributed by atoms with E-state index in [0.29, 0.717) is 12.2 Å². The topological polar surface area (TPSA) is 20.3 Å². The Morgan fingerprint density at radius 3 is 2.86 bits per heavy atom. The number of thiol groups is 1. The van der Waals surface area contributed by atoms with Crippen LogP contribution in [0.3, 0.4) is 0 Å². The van der Waals surface area contributed by atoms with Crippen molar-refractivity contribution in [2.75, 3.05) is 17.7 Å². The molecule has 1 aromatic rings. The highest BCUT2D eigenvalue weighted by Crippen LogP contribution is 2.19. The van der Waals surface area contributed by atoms with Gasteiger partial charge in [-0.15, -0.1) is 0 Å². The molecule has 0 aromatic heterocycles. The molecule has 0 fully saturated rings. The summed E-state index contributed by atoms with van der Waals surface area (Å²) >= 11 is 7.40. The monoisotopic (exact) mass is 273 g/mol. The lowest BCUT2D eigenvalue weighted by Crippen LogP contribution is -2.26. The van der Waals surface area contributed by atoms with E-state index in [9.17, 15) is 4.79 Å². The molecule has 0 atom stereocenters. The van der Waals surface area contributed by atoms with Crippen molar-refractivity contribution >= 4 is 40.2 Å². The number of hydrogen-bond acceptors (Lipinski definition) is 2. The Morgan fingerprint density at radius 1 is 1.57 bits per heavy atom. The fraction of sp³-hybridized carbons (Fsp3) is 0.300. The molecule has 0 spiro atoms. The van der Waals surface area contributed by atoms with Crippen LogP contribution in [0.5, 0.6) is 0 Å². The van der Waals surface area contributed by atoms with Crippen molar-refractivity contribution in [3.05, 3.63) is 28.7 Å². The van der Waals surface area contributed by atoms with E-state index < -0.39 is 0 Å². The summed E-state index contributed by atoms with van der Waals surface area (Å²) in [6.45, 7) is 0. The summed E-state index contributed by atoms with van der Waals surface area (Å²) in [7, 11) is 1.77. The van der Waals surface area contributed by atoms with E-state index in [2.05, 4.69) is 28.6 Å². The first kappa shape index (κ1) is 11.6. The number of hydrogen-bond donors (Lipinski definition) is 1. The molecule has 76 valence electrons. The molecule has 0 N–H and O–H groups in total. The Morgan fingerprint density at radius 2 is 2.29 bits per heavy atom. The predicted octanol–water partition coefficient (Wildman–Crippen LogP) is 2.73. The minimum atomic E-state index is 0.0816. The number of carbonyl (C=O) groups is 1. The Balaban J connectivity index is 2.78. The molecule has 0 unspecified atom stereocenters. The van der Waals surface area contributed by atoms with Gasteiger partial charge in [0.05, 0.1) is 0 Å². The SMILES string of the molecule is CN(C(=O)CCS)c1cccc(Br)c1. The third-order valence-corrected chi connectivity index (χ3v) is 2.61. The van der Waals surface area contributed by atoms with Gasteiger partial charge in [0.2, 0.25) is 5.91 Å². The maximum Gasteiger partial charge on any atom is 0.227 e. The zero-order chi connectivity index (χ0) is 10.6. The summed E-state index contributed by atoms with van der Waals surface area (Å²) in [4.78, 5) is 13.2. The normalized spacial score (nSPS) is 9.93. The Bertz CT molecular complexity index is 330. The molecule has 0 heterocycles. The second-order valence-electron chi connectivity index (χ2n) is 2.91. The van der Waals surface area contributed by atoms with Gasteiger partial charge in [-0.3, -0.25) is 4.79 Å². The number of rotatable bonds is 3. The molecule has 1 rings (SSSR count). The molecular formula is C10H12BrNOS. The maximum atomic E-state index is 11.5. The van der Waals surface area contributed by atoms with Crippen molar-refractivity contribution in [1.29, 1.82) is 0 Å². The Kier molecular flexibility index (Phi) is 4.48. The van der Waals surface area contributed by atoms with E-state index in [-0.39, 0.29) is 5.91 Å². The Labute approximate surface area is 97.8 Å². The maximum absolute atomic E-state index is 11.5. The van der Waals surface area contributed by atoms with Gasteiger partial charge in [0.1, 0.15) is 0 Å². The summed E-state index contributed by atoms with van der Waals surface area (Å²) in [6, 6.07) is 7.65. The third kappa shape index (κ3) is 3.03. The molecule has 0 aliphatic carbocycles. The fourth-order valence-electron chi connectivity index (χ4n) is 1.09. The molecule has 2 nitrogen and oxygen atoms in total. The van der Waals surface area contributed by atoms with Gasteiger partial charge < -0.3 is 4.90 Å². The molecule has 1 aromatic carbocycles. The fourth-order valence-corrected chi connectivity index (χ4v) is 1.67. The average molecular weight is 274 g/mol. The van der Waals surface area contributed by atoms with Crippen LogP contribution in [0.25, 0.3) is 0 Å². The van der Waals surface area contributed by atoms with Crippen LogP contribution in [0.15, 0.2) is 28.7 Å². The molecule has 0 aliphatic heterocycles. The second kappa shape index (κ2) is 5.41. The molecule has 0 bridgehead atoms. The number of benzene rings is 1. The lowest BCUT2D eigenvalue weighted by molar-refractivity contribution is -0.117. The first-order valence-corrected chi connectivity index (χ1v) is 5.70. The zero-order valence-electron chi connectivity index (χ0n) is 7.90. The quantitative estimate of drug-likeness (QED) is 0.840. The lowest BCUT2D eigenvalue weighted by atomic mass is 10.3. The molecule has 14 heavy (non-hydrogen) atoms. The third-order valence-electron chi connectivity index (χ3n) is 1.90. The highest BCUT2D eigenvalue weighted by molar-refractivity contribution is 9.10. The minimum Gasteiger partial charge on any atom is -0.315 e. The molecule has 0 saturated heterocycles. The predicted molar refractivity (Wildman–Crippen MR) is 66.0 cm³/mol. The first-order chi connectivity index (χ1) is 6.65. The van der Waals surface area contributed by atoms with E-state index in [4.69, 9.17) is 0 Å². The number of anilines is 1. The van der Waals surface area contributed by atoms with Crippen LogP contribution in [0, 0.1) is 0 Å². The zero-order valence-corrected chi connectivity index (χ0v) is 10.4. The molecule has 0 radical (unpaired) electrons. The van der Waals surface area contributed by atoms with Gasteiger partial charge in [-0.2, -0.15) is 12.6 Å². The summed E-state index contributed by atoms with van der Waals surface area (Å²) in [6.07, 6.45) is 0.464.